The summed E-state index contributed by atoms with van der Waals surface area (Å²) in [7, 11) is 0. The maximum absolute atomic E-state index is 10.2. The molecule has 1 saturated heterocycles. The molecule has 0 amide bonds. The number of piperidine rings is 1. The molecule has 1 fully saturated rings. The van der Waals surface area contributed by atoms with E-state index < -0.39 is 0 Å². The number of aromatic nitrogens is 3. The number of aliphatic hydroxyl groups excluding tert-OH is 1. The summed E-state index contributed by atoms with van der Waals surface area (Å²) >= 11 is 0. The summed E-state index contributed by atoms with van der Waals surface area (Å²) in [6, 6.07) is 1.99. The molecule has 21 heavy (non-hydrogen) atoms. The van der Waals surface area contributed by atoms with Crippen molar-refractivity contribution in [1.82, 2.24) is 19.5 Å². The number of anilines is 1. The Balaban J connectivity index is 1.58. The summed E-state index contributed by atoms with van der Waals surface area (Å²) in [5.74, 6) is 0.774. The molecule has 1 unspecified atom stereocenters. The van der Waals surface area contributed by atoms with Gasteiger partial charge in [-0.2, -0.15) is 5.10 Å². The van der Waals surface area contributed by atoms with Crippen molar-refractivity contribution in [2.75, 3.05) is 31.5 Å². The van der Waals surface area contributed by atoms with Gasteiger partial charge in [0.25, 0.3) is 0 Å². The molecule has 1 aliphatic heterocycles. The van der Waals surface area contributed by atoms with Crippen molar-refractivity contribution in [3.8, 4) is 0 Å². The lowest BCUT2D eigenvalue weighted by Crippen LogP contribution is -2.39. The molecule has 0 aromatic carbocycles. The molecule has 0 radical (unpaired) electrons. The van der Waals surface area contributed by atoms with E-state index in [4.69, 9.17) is 0 Å². The maximum atomic E-state index is 10.2. The van der Waals surface area contributed by atoms with Gasteiger partial charge in [-0.3, -0.25) is 0 Å². The highest BCUT2D eigenvalue weighted by molar-refractivity contribution is 5.67. The van der Waals surface area contributed by atoms with E-state index in [1.54, 1.807) is 6.20 Å². The third kappa shape index (κ3) is 3.51. The second-order valence-corrected chi connectivity index (χ2v) is 5.79. The Morgan fingerprint density at radius 1 is 1.33 bits per heavy atom. The fraction of sp³-hybridized carbons (Fsp3) is 0.600. The predicted octanol–water partition coefficient (Wildman–Crippen LogP) is 1.30. The Hall–Kier alpha value is -1.66. The summed E-state index contributed by atoms with van der Waals surface area (Å²) in [5.41, 5.74) is 1.90. The zero-order valence-corrected chi connectivity index (χ0v) is 12.5. The highest BCUT2D eigenvalue weighted by atomic mass is 16.3. The first-order valence-electron chi connectivity index (χ1n) is 7.67. The second-order valence-electron chi connectivity index (χ2n) is 5.79. The van der Waals surface area contributed by atoms with Crippen molar-refractivity contribution in [2.24, 2.45) is 0 Å². The van der Waals surface area contributed by atoms with Crippen LogP contribution in [0, 0.1) is 6.92 Å². The summed E-state index contributed by atoms with van der Waals surface area (Å²) in [5, 5.41) is 17.8. The molecule has 6 nitrogen and oxygen atoms in total. The first-order chi connectivity index (χ1) is 10.2. The molecule has 2 N–H and O–H groups in total. The molecule has 3 heterocycles. The molecule has 2 aromatic rings. The summed E-state index contributed by atoms with van der Waals surface area (Å²) in [6.45, 7) is 5.41. The van der Waals surface area contributed by atoms with E-state index >= 15 is 0 Å². The van der Waals surface area contributed by atoms with Crippen molar-refractivity contribution in [1.29, 1.82) is 0 Å². The number of aliphatic hydroxyl groups is 1. The third-order valence-electron chi connectivity index (χ3n) is 3.93. The molecule has 1 atom stereocenters. The van der Waals surface area contributed by atoms with Crippen molar-refractivity contribution in [2.45, 2.75) is 32.3 Å². The largest absolute Gasteiger partial charge is 0.390 e. The number of β-amino-alcohol motifs (C(OH)–C–C–N with tert-alkyl or cyclic N) is 1. The fourth-order valence-electron chi connectivity index (χ4n) is 2.90. The van der Waals surface area contributed by atoms with Crippen LogP contribution in [0.2, 0.25) is 0 Å². The standard InChI is InChI=1S/C15H23N5O/c1-12-9-14-15(16-5-8-20(14)18-12)17-10-13(21)11-19-6-3-2-4-7-19/h5,8-9,13,21H,2-4,6-7,10-11H2,1H3,(H,16,17). The van der Waals surface area contributed by atoms with Gasteiger partial charge in [-0.15, -0.1) is 0 Å². The monoisotopic (exact) mass is 289 g/mol. The predicted molar refractivity (Wildman–Crippen MR) is 82.5 cm³/mol. The number of likely N-dealkylation sites (tertiary alicyclic amines) is 1. The first kappa shape index (κ1) is 14.3. The van der Waals surface area contributed by atoms with Gasteiger partial charge in [0.05, 0.1) is 11.8 Å². The zero-order valence-electron chi connectivity index (χ0n) is 12.5. The Kier molecular flexibility index (Phi) is 4.36. The highest BCUT2D eigenvalue weighted by Crippen LogP contribution is 2.15. The minimum absolute atomic E-state index is 0.380. The SMILES string of the molecule is Cc1cc2c(NCC(O)CN3CCCCC3)nccn2n1. The minimum atomic E-state index is -0.380. The second kappa shape index (κ2) is 6.41. The molecule has 1 aliphatic rings. The average Bonchev–Trinajstić information content (AvgIpc) is 2.87. The van der Waals surface area contributed by atoms with E-state index in [1.165, 1.54) is 19.3 Å². The lowest BCUT2D eigenvalue weighted by molar-refractivity contribution is 0.109. The van der Waals surface area contributed by atoms with Crippen LogP contribution >= 0.6 is 0 Å². The van der Waals surface area contributed by atoms with E-state index in [-0.39, 0.29) is 6.10 Å². The topological polar surface area (TPSA) is 65.7 Å². The lowest BCUT2D eigenvalue weighted by atomic mass is 10.1. The van der Waals surface area contributed by atoms with Crippen LogP contribution in [-0.4, -0.2) is 56.9 Å². The molecule has 2 aromatic heterocycles. The van der Waals surface area contributed by atoms with Crippen LogP contribution in [0.5, 0.6) is 0 Å². The van der Waals surface area contributed by atoms with Gasteiger partial charge in [0.1, 0.15) is 5.52 Å². The van der Waals surface area contributed by atoms with Crippen molar-refractivity contribution >= 4 is 11.3 Å². The summed E-state index contributed by atoms with van der Waals surface area (Å²) in [6.07, 6.45) is 6.98. The fourth-order valence-corrected chi connectivity index (χ4v) is 2.90. The smallest absolute Gasteiger partial charge is 0.152 e. The van der Waals surface area contributed by atoms with Crippen LogP contribution in [-0.2, 0) is 0 Å². The van der Waals surface area contributed by atoms with E-state index in [0.717, 1.165) is 36.7 Å². The lowest BCUT2D eigenvalue weighted by Gasteiger charge is -2.28. The number of rotatable bonds is 5. The molecule has 0 aliphatic carbocycles. The van der Waals surface area contributed by atoms with Gasteiger partial charge < -0.3 is 15.3 Å². The molecule has 114 valence electrons. The number of nitrogens with one attached hydrogen (secondary N) is 1. The third-order valence-corrected chi connectivity index (χ3v) is 3.93. The Labute approximate surface area is 124 Å². The molecular formula is C15H23N5O. The summed E-state index contributed by atoms with van der Waals surface area (Å²) < 4.78 is 1.81. The van der Waals surface area contributed by atoms with Gasteiger partial charge in [-0.1, -0.05) is 6.42 Å². The molecule has 6 heteroatoms. The molecular weight excluding hydrogens is 266 g/mol. The maximum Gasteiger partial charge on any atom is 0.152 e. The van der Waals surface area contributed by atoms with Crippen LogP contribution in [0.1, 0.15) is 25.0 Å². The normalized spacial score (nSPS) is 18.0. The van der Waals surface area contributed by atoms with E-state index in [0.29, 0.717) is 6.54 Å². The molecule has 3 rings (SSSR count). The van der Waals surface area contributed by atoms with Crippen LogP contribution in [0.25, 0.3) is 5.52 Å². The van der Waals surface area contributed by atoms with Gasteiger partial charge in [0, 0.05) is 25.5 Å². The average molecular weight is 289 g/mol. The Morgan fingerprint density at radius 3 is 2.95 bits per heavy atom. The Morgan fingerprint density at radius 2 is 2.14 bits per heavy atom. The van der Waals surface area contributed by atoms with Crippen molar-refractivity contribution < 1.29 is 5.11 Å². The van der Waals surface area contributed by atoms with Crippen LogP contribution < -0.4 is 5.32 Å². The first-order valence-corrected chi connectivity index (χ1v) is 7.67. The van der Waals surface area contributed by atoms with Gasteiger partial charge in [0.15, 0.2) is 5.82 Å². The molecule has 0 bridgehead atoms. The number of nitrogens with zero attached hydrogens (tertiary/aromatic N) is 4. The van der Waals surface area contributed by atoms with E-state index in [9.17, 15) is 5.11 Å². The van der Waals surface area contributed by atoms with Crippen molar-refractivity contribution in [3.63, 3.8) is 0 Å². The van der Waals surface area contributed by atoms with E-state index in [2.05, 4.69) is 20.3 Å². The van der Waals surface area contributed by atoms with Crippen molar-refractivity contribution in [3.05, 3.63) is 24.2 Å². The van der Waals surface area contributed by atoms with Gasteiger partial charge in [0.2, 0.25) is 0 Å². The zero-order chi connectivity index (χ0) is 14.7. The van der Waals surface area contributed by atoms with Crippen LogP contribution in [0.15, 0.2) is 18.5 Å². The number of hydrogen-bond donors (Lipinski definition) is 2. The van der Waals surface area contributed by atoms with Gasteiger partial charge >= 0.3 is 0 Å². The molecule has 0 spiro atoms. The van der Waals surface area contributed by atoms with Gasteiger partial charge in [-0.25, -0.2) is 9.50 Å². The number of aryl methyl sites for hydroxylation is 1. The Bertz CT molecular complexity index is 591. The van der Waals surface area contributed by atoms with Crippen LogP contribution in [0.3, 0.4) is 0 Å². The minimum Gasteiger partial charge on any atom is -0.390 e. The highest BCUT2D eigenvalue weighted by Gasteiger charge is 2.15. The quantitative estimate of drug-likeness (QED) is 0.868. The molecule has 0 saturated carbocycles. The van der Waals surface area contributed by atoms with E-state index in [1.807, 2.05) is 23.7 Å². The van der Waals surface area contributed by atoms with Gasteiger partial charge in [-0.05, 0) is 38.9 Å². The summed E-state index contributed by atoms with van der Waals surface area (Å²) in [4.78, 5) is 6.68. The number of fused-ring (bicyclic) bond motifs is 1. The van der Waals surface area contributed by atoms with Crippen LogP contribution in [0.4, 0.5) is 5.82 Å². The number of hydrogen-bond acceptors (Lipinski definition) is 5.